The van der Waals surface area contributed by atoms with Crippen LogP contribution in [0.25, 0.3) is 0 Å². The highest BCUT2D eigenvalue weighted by Crippen LogP contribution is 2.54. The van der Waals surface area contributed by atoms with Crippen LogP contribution in [0.15, 0.2) is 0 Å². The Balaban J connectivity index is 3.31. The summed E-state index contributed by atoms with van der Waals surface area (Å²) in [5.41, 5.74) is 0. The van der Waals surface area contributed by atoms with Crippen molar-refractivity contribution in [3.8, 4) is 0 Å². The standard InChI is InChI=1S/C21H53O8PSi5/c1-31(2,3)25-18-16-20(26-32(4,5)6)24-19(21(18)27-33(7,8)9)17-23-30(22,28-34(10,11)12)29-35(13,14)15/h18-21H,16-17H2,1-15H3. The molecule has 0 aromatic carbocycles. The summed E-state index contributed by atoms with van der Waals surface area (Å²) in [6.45, 7) is 31.2. The first-order chi connectivity index (χ1) is 15.3. The minimum atomic E-state index is -3.79. The van der Waals surface area contributed by atoms with Crippen LogP contribution in [-0.4, -0.2) is 72.8 Å². The molecule has 0 aromatic heterocycles. The summed E-state index contributed by atoms with van der Waals surface area (Å²) in [4.78, 5) is 0. The molecule has 1 fully saturated rings. The Morgan fingerprint density at radius 1 is 0.657 bits per heavy atom. The molecule has 210 valence electrons. The van der Waals surface area contributed by atoms with Crippen LogP contribution in [-0.2, 0) is 35.5 Å². The Hall–Kier alpha value is 1.03. The molecule has 35 heavy (non-hydrogen) atoms. The molecule has 1 rings (SSSR count). The molecule has 4 unspecified atom stereocenters. The molecule has 0 spiro atoms. The van der Waals surface area contributed by atoms with Crippen molar-refractivity contribution in [3.63, 3.8) is 0 Å². The van der Waals surface area contributed by atoms with Crippen molar-refractivity contribution in [2.24, 2.45) is 0 Å². The number of hydrogen-bond donors (Lipinski definition) is 0. The first-order valence-electron chi connectivity index (χ1n) is 12.6. The van der Waals surface area contributed by atoms with Crippen LogP contribution in [0.3, 0.4) is 0 Å². The van der Waals surface area contributed by atoms with E-state index in [0.29, 0.717) is 6.42 Å². The zero-order valence-electron chi connectivity index (χ0n) is 24.9. The first-order valence-corrected chi connectivity index (χ1v) is 31.1. The van der Waals surface area contributed by atoms with Gasteiger partial charge >= 0.3 is 7.82 Å². The van der Waals surface area contributed by atoms with Crippen LogP contribution in [0.4, 0.5) is 0 Å². The molecular formula is C21H53O8PSi5. The maximum Gasteiger partial charge on any atom is 0.455 e. The summed E-state index contributed by atoms with van der Waals surface area (Å²) in [5.74, 6) is 0. The van der Waals surface area contributed by atoms with Crippen molar-refractivity contribution in [2.45, 2.75) is 129 Å². The largest absolute Gasteiger partial charge is 0.455 e. The van der Waals surface area contributed by atoms with E-state index >= 15 is 0 Å². The smallest absolute Gasteiger partial charge is 0.412 e. The topological polar surface area (TPSA) is 81.7 Å². The lowest BCUT2D eigenvalue weighted by Gasteiger charge is -2.46. The quantitative estimate of drug-likeness (QED) is 0.161. The van der Waals surface area contributed by atoms with E-state index in [9.17, 15) is 4.57 Å². The van der Waals surface area contributed by atoms with Crippen LogP contribution >= 0.6 is 7.82 Å². The number of phosphoric acid groups is 1. The summed E-state index contributed by atoms with van der Waals surface area (Å²) >= 11 is 0. The van der Waals surface area contributed by atoms with Gasteiger partial charge in [-0.3, -0.25) is 4.52 Å². The van der Waals surface area contributed by atoms with E-state index in [1.165, 1.54) is 0 Å². The van der Waals surface area contributed by atoms with Gasteiger partial charge in [-0.2, -0.15) is 0 Å². The SMILES string of the molecule is C[Si](C)(C)OC1CC(O[Si](C)(C)C)C(O[Si](C)(C)C)C(COP(=O)(O[Si](C)(C)C)O[Si](C)(C)C)O1. The normalized spacial score (nSPS) is 25.7. The van der Waals surface area contributed by atoms with Gasteiger partial charge in [0.15, 0.2) is 47.9 Å². The van der Waals surface area contributed by atoms with Gasteiger partial charge < -0.3 is 26.4 Å². The van der Waals surface area contributed by atoms with E-state index in [2.05, 4.69) is 58.9 Å². The average molecular weight is 605 g/mol. The molecule has 8 nitrogen and oxygen atoms in total. The number of rotatable bonds is 13. The van der Waals surface area contributed by atoms with Crippen molar-refractivity contribution in [2.75, 3.05) is 6.61 Å². The highest BCUT2D eigenvalue weighted by molar-refractivity contribution is 7.52. The van der Waals surface area contributed by atoms with Crippen LogP contribution in [0.1, 0.15) is 6.42 Å². The Morgan fingerprint density at radius 2 is 1.09 bits per heavy atom. The fraction of sp³-hybridized carbons (Fsp3) is 1.00. The summed E-state index contributed by atoms with van der Waals surface area (Å²) < 4.78 is 57.8. The molecule has 0 aliphatic carbocycles. The Kier molecular flexibility index (Phi) is 11.7. The van der Waals surface area contributed by atoms with Gasteiger partial charge in [-0.1, -0.05) is 0 Å². The molecule has 0 bridgehead atoms. The zero-order chi connectivity index (χ0) is 27.7. The van der Waals surface area contributed by atoms with Gasteiger partial charge in [0.1, 0.15) is 6.10 Å². The summed E-state index contributed by atoms with van der Waals surface area (Å²) in [6.07, 6.45) is -0.932. The minimum absolute atomic E-state index is 0.0124. The van der Waals surface area contributed by atoms with Crippen LogP contribution < -0.4 is 0 Å². The lowest BCUT2D eigenvalue weighted by Crippen LogP contribution is -2.58. The van der Waals surface area contributed by atoms with E-state index < -0.39 is 61.8 Å². The summed E-state index contributed by atoms with van der Waals surface area (Å²) in [6, 6.07) is 0. The van der Waals surface area contributed by atoms with Crippen LogP contribution in [0, 0.1) is 0 Å². The number of ether oxygens (including phenoxy) is 1. The highest BCUT2D eigenvalue weighted by atomic mass is 31.2. The van der Waals surface area contributed by atoms with Crippen molar-refractivity contribution in [3.05, 3.63) is 0 Å². The predicted molar refractivity (Wildman–Crippen MR) is 157 cm³/mol. The molecule has 0 amide bonds. The average Bonchev–Trinajstić information content (AvgIpc) is 2.47. The Morgan fingerprint density at radius 3 is 1.46 bits per heavy atom. The third kappa shape index (κ3) is 15.3. The second kappa shape index (κ2) is 12.0. The van der Waals surface area contributed by atoms with Crippen molar-refractivity contribution < 1.29 is 35.5 Å². The van der Waals surface area contributed by atoms with E-state index in [-0.39, 0.29) is 18.8 Å². The van der Waals surface area contributed by atoms with Crippen LogP contribution in [0.5, 0.6) is 0 Å². The first kappa shape index (κ1) is 34.1. The molecule has 1 heterocycles. The van der Waals surface area contributed by atoms with E-state index in [4.69, 9.17) is 31.0 Å². The highest BCUT2D eigenvalue weighted by Gasteiger charge is 2.47. The van der Waals surface area contributed by atoms with Gasteiger partial charge in [0.2, 0.25) is 0 Å². The second-order valence-corrected chi connectivity index (χ2v) is 38.6. The van der Waals surface area contributed by atoms with E-state index in [1.54, 1.807) is 0 Å². The van der Waals surface area contributed by atoms with Gasteiger partial charge in [0, 0.05) is 6.42 Å². The molecule has 0 aromatic rings. The maximum absolute atomic E-state index is 13.8. The fourth-order valence-electron chi connectivity index (χ4n) is 3.53. The van der Waals surface area contributed by atoms with Crippen molar-refractivity contribution in [1.29, 1.82) is 0 Å². The molecular weight excluding hydrogens is 552 g/mol. The lowest BCUT2D eigenvalue weighted by atomic mass is 10.0. The molecule has 4 atom stereocenters. The zero-order valence-corrected chi connectivity index (χ0v) is 30.8. The van der Waals surface area contributed by atoms with Gasteiger partial charge in [-0.15, -0.1) is 0 Å². The molecule has 1 saturated heterocycles. The van der Waals surface area contributed by atoms with Gasteiger partial charge in [-0.05, 0) is 98.2 Å². The van der Waals surface area contributed by atoms with Gasteiger partial charge in [0.25, 0.3) is 0 Å². The second-order valence-electron chi connectivity index (χ2n) is 14.2. The van der Waals surface area contributed by atoms with E-state index in [1.807, 2.05) is 39.3 Å². The summed E-state index contributed by atoms with van der Waals surface area (Å²) in [5, 5.41) is 0. The molecule has 14 heteroatoms. The maximum atomic E-state index is 13.8. The number of hydrogen-bond acceptors (Lipinski definition) is 8. The molecule has 0 saturated carbocycles. The molecule has 0 radical (unpaired) electrons. The molecule has 1 aliphatic heterocycles. The predicted octanol–water partition coefficient (Wildman–Crippen LogP) is 7.22. The lowest BCUT2D eigenvalue weighted by molar-refractivity contribution is -0.224. The third-order valence-corrected chi connectivity index (χ3v) is 13.7. The van der Waals surface area contributed by atoms with Crippen LogP contribution in [0.2, 0.25) is 98.2 Å². The van der Waals surface area contributed by atoms with Crippen molar-refractivity contribution >= 4 is 49.4 Å². The minimum Gasteiger partial charge on any atom is -0.412 e. The van der Waals surface area contributed by atoms with E-state index in [0.717, 1.165) is 0 Å². The van der Waals surface area contributed by atoms with Gasteiger partial charge in [-0.25, -0.2) is 4.57 Å². The molecule has 0 N–H and O–H groups in total. The third-order valence-electron chi connectivity index (χ3n) is 4.13. The fourth-order valence-corrected chi connectivity index (χ4v) is 13.3. The molecule has 1 aliphatic rings. The van der Waals surface area contributed by atoms with Crippen molar-refractivity contribution in [1.82, 2.24) is 0 Å². The van der Waals surface area contributed by atoms with Gasteiger partial charge in [0.05, 0.1) is 18.8 Å². The summed E-state index contributed by atoms with van der Waals surface area (Å²) in [7, 11) is -14.0. The Labute approximate surface area is 220 Å². The Bertz CT molecular complexity index is 702. The monoisotopic (exact) mass is 604 g/mol.